The van der Waals surface area contributed by atoms with Gasteiger partial charge in [0, 0.05) is 18.7 Å². The number of nitrogens with zero attached hydrogens (tertiary/aromatic N) is 1. The number of rotatable bonds is 4. The molecule has 0 spiro atoms. The van der Waals surface area contributed by atoms with Gasteiger partial charge in [-0.1, -0.05) is 0 Å². The largest absolute Gasteiger partial charge is 0.373 e. The molecule has 2 aromatic rings. The summed E-state index contributed by atoms with van der Waals surface area (Å²) in [4.78, 5) is 24.7. The average molecular weight is 502 g/mol. The van der Waals surface area contributed by atoms with E-state index in [1.165, 1.54) is 39.9 Å². The highest BCUT2D eigenvalue weighted by Gasteiger charge is 2.32. The van der Waals surface area contributed by atoms with E-state index in [9.17, 15) is 18.0 Å². The fourth-order valence-corrected chi connectivity index (χ4v) is 5.81. The van der Waals surface area contributed by atoms with E-state index >= 15 is 0 Å². The standard InChI is InChI=1S/C18H20BrN3O5S2/c1-11-9-22(10-12(2)27-11)29(25,26)14-5-3-13(4-6-14)17(23)20-21-18(24)15-7-8-16(19)28-15/h3-8,11-12H,9-10H2,1-2H3,(H,20,23)(H,21,24)/t11-,12-/m0/s1. The zero-order valence-electron chi connectivity index (χ0n) is 15.7. The van der Waals surface area contributed by atoms with E-state index in [4.69, 9.17) is 4.74 Å². The Kier molecular flexibility index (Phi) is 6.74. The first kappa shape index (κ1) is 21.9. The van der Waals surface area contributed by atoms with Gasteiger partial charge >= 0.3 is 0 Å². The number of thiophene rings is 1. The van der Waals surface area contributed by atoms with Gasteiger partial charge in [0.1, 0.15) is 0 Å². The van der Waals surface area contributed by atoms with E-state index in [0.717, 1.165) is 3.79 Å². The molecular formula is C18H20BrN3O5S2. The molecule has 1 aromatic heterocycles. The molecule has 8 nitrogen and oxygen atoms in total. The Bertz CT molecular complexity index is 997. The van der Waals surface area contributed by atoms with Gasteiger partial charge in [0.2, 0.25) is 10.0 Å². The van der Waals surface area contributed by atoms with Gasteiger partial charge in [-0.3, -0.25) is 20.4 Å². The van der Waals surface area contributed by atoms with Crippen molar-refractivity contribution in [3.8, 4) is 0 Å². The number of sulfonamides is 1. The molecule has 1 aliphatic rings. The van der Waals surface area contributed by atoms with E-state index in [0.29, 0.717) is 4.88 Å². The third-order valence-electron chi connectivity index (χ3n) is 4.23. The number of nitrogens with one attached hydrogen (secondary N) is 2. The summed E-state index contributed by atoms with van der Waals surface area (Å²) in [6.07, 6.45) is -0.377. The second kappa shape index (κ2) is 8.92. The van der Waals surface area contributed by atoms with Crippen molar-refractivity contribution in [2.75, 3.05) is 13.1 Å². The van der Waals surface area contributed by atoms with Crippen molar-refractivity contribution < 1.29 is 22.7 Å². The third kappa shape index (κ3) is 5.23. The molecule has 1 fully saturated rings. The molecule has 156 valence electrons. The van der Waals surface area contributed by atoms with Crippen LogP contribution in [0.3, 0.4) is 0 Å². The van der Waals surface area contributed by atoms with E-state index < -0.39 is 21.8 Å². The maximum Gasteiger partial charge on any atom is 0.279 e. The molecule has 2 N–H and O–H groups in total. The van der Waals surface area contributed by atoms with Gasteiger partial charge in [0.25, 0.3) is 11.8 Å². The summed E-state index contributed by atoms with van der Waals surface area (Å²) in [6.45, 7) is 4.21. The minimum Gasteiger partial charge on any atom is -0.373 e. The summed E-state index contributed by atoms with van der Waals surface area (Å²) >= 11 is 4.50. The van der Waals surface area contributed by atoms with E-state index in [2.05, 4.69) is 26.8 Å². The lowest BCUT2D eigenvalue weighted by molar-refractivity contribution is -0.0440. The molecule has 2 atom stereocenters. The number of hydrazine groups is 1. The number of hydrogen-bond acceptors (Lipinski definition) is 6. The number of hydrogen-bond donors (Lipinski definition) is 2. The molecule has 1 saturated heterocycles. The Morgan fingerprint density at radius 3 is 2.17 bits per heavy atom. The second-order valence-electron chi connectivity index (χ2n) is 6.62. The Balaban J connectivity index is 1.64. The van der Waals surface area contributed by atoms with Gasteiger partial charge in [-0.25, -0.2) is 8.42 Å². The summed E-state index contributed by atoms with van der Waals surface area (Å²) in [5.74, 6) is -0.990. The van der Waals surface area contributed by atoms with Crippen LogP contribution in [0.1, 0.15) is 33.9 Å². The summed E-state index contributed by atoms with van der Waals surface area (Å²) in [5, 5.41) is 0. The second-order valence-corrected chi connectivity index (χ2v) is 11.0. The highest BCUT2D eigenvalue weighted by molar-refractivity contribution is 9.11. The first-order valence-corrected chi connectivity index (χ1v) is 11.8. The minimum absolute atomic E-state index is 0.0998. The van der Waals surface area contributed by atoms with Crippen LogP contribution >= 0.6 is 27.3 Å². The van der Waals surface area contributed by atoms with Crippen molar-refractivity contribution >= 4 is 49.1 Å². The lowest BCUT2D eigenvalue weighted by Gasteiger charge is -2.34. The molecule has 1 aliphatic heterocycles. The van der Waals surface area contributed by atoms with Crippen LogP contribution in [0.2, 0.25) is 0 Å². The van der Waals surface area contributed by atoms with Gasteiger partial charge in [-0.05, 0) is 66.2 Å². The number of carbonyl (C=O) groups is 2. The van der Waals surface area contributed by atoms with Gasteiger partial charge in [-0.2, -0.15) is 4.31 Å². The van der Waals surface area contributed by atoms with Crippen LogP contribution in [0.4, 0.5) is 0 Å². The van der Waals surface area contributed by atoms with Crippen LogP contribution in [-0.2, 0) is 14.8 Å². The Morgan fingerprint density at radius 2 is 1.62 bits per heavy atom. The summed E-state index contributed by atoms with van der Waals surface area (Å²) in [6, 6.07) is 8.94. The van der Waals surface area contributed by atoms with Crippen LogP contribution in [0, 0.1) is 0 Å². The Hall–Kier alpha value is -1.79. The Morgan fingerprint density at radius 1 is 1.03 bits per heavy atom. The van der Waals surface area contributed by atoms with Crippen molar-refractivity contribution in [2.24, 2.45) is 0 Å². The fourth-order valence-electron chi connectivity index (χ4n) is 2.94. The molecule has 3 rings (SSSR count). The van der Waals surface area contributed by atoms with Gasteiger partial charge in [0.15, 0.2) is 0 Å². The molecule has 2 amide bonds. The number of halogens is 1. The highest BCUT2D eigenvalue weighted by atomic mass is 79.9. The van der Waals surface area contributed by atoms with Gasteiger partial charge in [-0.15, -0.1) is 11.3 Å². The maximum atomic E-state index is 12.8. The van der Waals surface area contributed by atoms with Crippen molar-refractivity contribution in [3.63, 3.8) is 0 Å². The first-order chi connectivity index (χ1) is 13.7. The zero-order valence-corrected chi connectivity index (χ0v) is 18.9. The summed E-state index contributed by atoms with van der Waals surface area (Å²) in [5.41, 5.74) is 4.87. The van der Waals surface area contributed by atoms with Crippen LogP contribution in [0.25, 0.3) is 0 Å². The van der Waals surface area contributed by atoms with Crippen molar-refractivity contribution in [1.29, 1.82) is 0 Å². The molecule has 0 bridgehead atoms. The number of benzene rings is 1. The SMILES string of the molecule is C[C@H]1CN(S(=O)(=O)c2ccc(C(=O)NNC(=O)c3ccc(Br)s3)cc2)C[C@H](C)O1. The molecule has 11 heteroatoms. The summed E-state index contributed by atoms with van der Waals surface area (Å²) < 4.78 is 33.5. The molecule has 1 aromatic carbocycles. The highest BCUT2D eigenvalue weighted by Crippen LogP contribution is 2.22. The minimum atomic E-state index is -3.68. The monoisotopic (exact) mass is 501 g/mol. The Labute approximate surface area is 181 Å². The predicted octanol–water partition coefficient (Wildman–Crippen LogP) is 2.38. The third-order valence-corrected chi connectivity index (χ3v) is 7.70. The van der Waals surface area contributed by atoms with Crippen molar-refractivity contribution in [1.82, 2.24) is 15.2 Å². The van der Waals surface area contributed by atoms with E-state index in [1.54, 1.807) is 12.1 Å². The van der Waals surface area contributed by atoms with E-state index in [-0.39, 0.29) is 35.8 Å². The number of ether oxygens (including phenoxy) is 1. The topological polar surface area (TPSA) is 105 Å². The summed E-state index contributed by atoms with van der Waals surface area (Å²) in [7, 11) is -3.68. The normalized spacial score (nSPS) is 20.2. The predicted molar refractivity (Wildman–Crippen MR) is 112 cm³/mol. The zero-order chi connectivity index (χ0) is 21.2. The smallest absolute Gasteiger partial charge is 0.279 e. The lowest BCUT2D eigenvalue weighted by atomic mass is 10.2. The number of morpholine rings is 1. The number of amides is 2. The van der Waals surface area contributed by atoms with Gasteiger partial charge < -0.3 is 4.74 Å². The van der Waals surface area contributed by atoms with Crippen LogP contribution < -0.4 is 10.9 Å². The first-order valence-electron chi connectivity index (χ1n) is 8.78. The average Bonchev–Trinajstić information content (AvgIpc) is 3.11. The molecule has 0 aliphatic carbocycles. The van der Waals surface area contributed by atoms with Crippen molar-refractivity contribution in [3.05, 3.63) is 50.6 Å². The molecule has 2 heterocycles. The fraction of sp³-hybridized carbons (Fsp3) is 0.333. The maximum absolute atomic E-state index is 12.8. The molecule has 0 radical (unpaired) electrons. The molecule has 29 heavy (non-hydrogen) atoms. The lowest BCUT2D eigenvalue weighted by Crippen LogP contribution is -2.48. The van der Waals surface area contributed by atoms with Crippen molar-refractivity contribution in [2.45, 2.75) is 31.0 Å². The molecular weight excluding hydrogens is 482 g/mol. The van der Waals surface area contributed by atoms with Crippen LogP contribution in [-0.4, -0.2) is 49.8 Å². The van der Waals surface area contributed by atoms with Crippen LogP contribution in [0.5, 0.6) is 0 Å². The quantitative estimate of drug-likeness (QED) is 0.625. The van der Waals surface area contributed by atoms with Gasteiger partial charge in [0.05, 0.1) is 25.8 Å². The van der Waals surface area contributed by atoms with Crippen LogP contribution in [0.15, 0.2) is 45.1 Å². The molecule has 0 saturated carbocycles. The molecule has 0 unspecified atom stereocenters. The van der Waals surface area contributed by atoms with E-state index in [1.807, 2.05) is 13.8 Å². The number of carbonyl (C=O) groups excluding carboxylic acids is 2.